The van der Waals surface area contributed by atoms with Crippen LogP contribution in [-0.2, 0) is 17.8 Å². The number of hydrogen-bond acceptors (Lipinski definition) is 3. The van der Waals surface area contributed by atoms with E-state index in [0.717, 1.165) is 13.0 Å². The van der Waals surface area contributed by atoms with Crippen LogP contribution in [0.4, 0.5) is 4.39 Å². The molecule has 2 amide bonds. The summed E-state index contributed by atoms with van der Waals surface area (Å²) < 4.78 is 14.5. The number of carbonyl (C=O) groups excluding carboxylic acids is 2. The molecule has 154 valence electrons. The van der Waals surface area contributed by atoms with E-state index >= 15 is 0 Å². The number of aromatic nitrogens is 2. The van der Waals surface area contributed by atoms with Gasteiger partial charge in [0.05, 0.1) is 5.69 Å². The summed E-state index contributed by atoms with van der Waals surface area (Å²) in [5.41, 5.74) is 3.47. The van der Waals surface area contributed by atoms with Gasteiger partial charge in [0.2, 0.25) is 5.91 Å². The SMILES string of the molecule is O=C(NCCCC(=O)N1CCc2ccccc2C1)c1ccn(-c2ccc(F)cc2)n1. The number of nitrogens with one attached hydrogen (secondary N) is 1. The van der Waals surface area contributed by atoms with Gasteiger partial charge in [-0.3, -0.25) is 9.59 Å². The Balaban J connectivity index is 1.23. The van der Waals surface area contributed by atoms with Gasteiger partial charge in [0.1, 0.15) is 5.82 Å². The Morgan fingerprint density at radius 1 is 1.03 bits per heavy atom. The summed E-state index contributed by atoms with van der Waals surface area (Å²) >= 11 is 0. The molecule has 1 aromatic heterocycles. The predicted molar refractivity (Wildman–Crippen MR) is 111 cm³/mol. The molecule has 0 radical (unpaired) electrons. The number of benzene rings is 2. The number of amides is 2. The van der Waals surface area contributed by atoms with Crippen molar-refractivity contribution in [1.82, 2.24) is 20.0 Å². The second-order valence-electron chi connectivity index (χ2n) is 7.32. The zero-order valence-electron chi connectivity index (χ0n) is 16.6. The van der Waals surface area contributed by atoms with Crippen molar-refractivity contribution in [3.63, 3.8) is 0 Å². The second-order valence-corrected chi connectivity index (χ2v) is 7.32. The van der Waals surface area contributed by atoms with Gasteiger partial charge in [0.15, 0.2) is 5.69 Å². The van der Waals surface area contributed by atoms with Crippen LogP contribution in [0.25, 0.3) is 5.69 Å². The molecule has 0 atom stereocenters. The lowest BCUT2D eigenvalue weighted by Crippen LogP contribution is -2.36. The molecule has 7 heteroatoms. The first kappa shape index (κ1) is 19.8. The Morgan fingerprint density at radius 2 is 1.80 bits per heavy atom. The molecule has 4 rings (SSSR count). The monoisotopic (exact) mass is 406 g/mol. The predicted octanol–water partition coefficient (Wildman–Crippen LogP) is 3.11. The highest BCUT2D eigenvalue weighted by Crippen LogP contribution is 2.19. The minimum absolute atomic E-state index is 0.110. The highest BCUT2D eigenvalue weighted by atomic mass is 19.1. The van der Waals surface area contributed by atoms with Crippen LogP contribution in [0.15, 0.2) is 60.8 Å². The molecular weight excluding hydrogens is 383 g/mol. The standard InChI is InChI=1S/C23H23FN4O2/c24-19-7-9-20(10-8-19)28-15-12-21(26-28)23(30)25-13-3-6-22(29)27-14-11-17-4-1-2-5-18(17)16-27/h1-2,4-5,7-10,12,15H,3,6,11,13-14,16H2,(H,25,30). The van der Waals surface area contributed by atoms with Gasteiger partial charge in [-0.2, -0.15) is 5.10 Å². The molecule has 1 aliphatic rings. The zero-order valence-corrected chi connectivity index (χ0v) is 16.6. The first-order valence-corrected chi connectivity index (χ1v) is 10.0. The van der Waals surface area contributed by atoms with Gasteiger partial charge in [0.25, 0.3) is 5.91 Å². The van der Waals surface area contributed by atoms with Crippen LogP contribution in [0.5, 0.6) is 0 Å². The third-order valence-electron chi connectivity index (χ3n) is 5.25. The summed E-state index contributed by atoms with van der Waals surface area (Å²) in [5, 5.41) is 7.03. The van der Waals surface area contributed by atoms with Crippen molar-refractivity contribution in [2.75, 3.05) is 13.1 Å². The van der Waals surface area contributed by atoms with Crippen LogP contribution in [0.3, 0.4) is 0 Å². The highest BCUT2D eigenvalue weighted by molar-refractivity contribution is 5.92. The van der Waals surface area contributed by atoms with Gasteiger partial charge in [0, 0.05) is 32.3 Å². The molecule has 0 spiro atoms. The fourth-order valence-electron chi connectivity index (χ4n) is 3.58. The van der Waals surface area contributed by atoms with E-state index in [9.17, 15) is 14.0 Å². The fourth-order valence-corrected chi connectivity index (χ4v) is 3.58. The van der Waals surface area contributed by atoms with E-state index in [1.165, 1.54) is 27.9 Å². The Labute approximate surface area is 174 Å². The third kappa shape index (κ3) is 4.56. The minimum atomic E-state index is -0.327. The smallest absolute Gasteiger partial charge is 0.271 e. The molecule has 30 heavy (non-hydrogen) atoms. The van der Waals surface area contributed by atoms with Gasteiger partial charge in [-0.15, -0.1) is 0 Å². The van der Waals surface area contributed by atoms with E-state index < -0.39 is 0 Å². The quantitative estimate of drug-likeness (QED) is 0.640. The van der Waals surface area contributed by atoms with Gasteiger partial charge in [-0.05, 0) is 54.3 Å². The molecule has 0 aliphatic carbocycles. The van der Waals surface area contributed by atoms with E-state index in [-0.39, 0.29) is 23.3 Å². The largest absolute Gasteiger partial charge is 0.351 e. The Hall–Kier alpha value is -3.48. The van der Waals surface area contributed by atoms with Gasteiger partial charge >= 0.3 is 0 Å². The van der Waals surface area contributed by atoms with Crippen LogP contribution < -0.4 is 5.32 Å². The van der Waals surface area contributed by atoms with E-state index in [1.807, 2.05) is 17.0 Å². The molecular formula is C23H23FN4O2. The third-order valence-corrected chi connectivity index (χ3v) is 5.25. The summed E-state index contributed by atoms with van der Waals surface area (Å²) in [6.45, 7) is 1.80. The molecule has 1 N–H and O–H groups in total. The lowest BCUT2D eigenvalue weighted by molar-refractivity contribution is -0.132. The molecule has 2 aromatic carbocycles. The molecule has 0 fully saturated rings. The summed E-state index contributed by atoms with van der Waals surface area (Å²) in [4.78, 5) is 26.6. The summed E-state index contributed by atoms with van der Waals surface area (Å²) in [6, 6.07) is 15.7. The van der Waals surface area contributed by atoms with Crippen LogP contribution in [0.2, 0.25) is 0 Å². The number of carbonyl (C=O) groups is 2. The Morgan fingerprint density at radius 3 is 2.60 bits per heavy atom. The number of halogens is 1. The molecule has 6 nitrogen and oxygen atoms in total. The van der Waals surface area contributed by atoms with Crippen LogP contribution in [0, 0.1) is 5.82 Å². The maximum absolute atomic E-state index is 13.0. The lowest BCUT2D eigenvalue weighted by Gasteiger charge is -2.29. The van der Waals surface area contributed by atoms with Crippen LogP contribution >= 0.6 is 0 Å². The summed E-state index contributed by atoms with van der Waals surface area (Å²) in [7, 11) is 0. The highest BCUT2D eigenvalue weighted by Gasteiger charge is 2.20. The lowest BCUT2D eigenvalue weighted by atomic mass is 9.99. The van der Waals surface area contributed by atoms with Crippen molar-refractivity contribution in [3.8, 4) is 5.69 Å². The molecule has 2 heterocycles. The average Bonchev–Trinajstić information content (AvgIpc) is 3.27. The van der Waals surface area contributed by atoms with Crippen molar-refractivity contribution >= 4 is 11.8 Å². The maximum Gasteiger partial charge on any atom is 0.271 e. The number of nitrogens with zero attached hydrogens (tertiary/aromatic N) is 3. The maximum atomic E-state index is 13.0. The van der Waals surface area contributed by atoms with E-state index in [4.69, 9.17) is 0 Å². The Bertz CT molecular complexity index is 1050. The van der Waals surface area contributed by atoms with Crippen molar-refractivity contribution in [1.29, 1.82) is 0 Å². The number of hydrogen-bond donors (Lipinski definition) is 1. The fraction of sp³-hybridized carbons (Fsp3) is 0.261. The van der Waals surface area contributed by atoms with Crippen molar-refractivity contribution < 1.29 is 14.0 Å². The van der Waals surface area contributed by atoms with Crippen molar-refractivity contribution in [3.05, 3.63) is 83.4 Å². The topological polar surface area (TPSA) is 67.2 Å². The molecule has 3 aromatic rings. The van der Waals surface area contributed by atoms with Gasteiger partial charge in [-0.1, -0.05) is 24.3 Å². The van der Waals surface area contributed by atoms with Crippen molar-refractivity contribution in [2.24, 2.45) is 0 Å². The zero-order chi connectivity index (χ0) is 20.9. The minimum Gasteiger partial charge on any atom is -0.351 e. The molecule has 1 aliphatic heterocycles. The number of fused-ring (bicyclic) bond motifs is 1. The molecule has 0 saturated heterocycles. The van der Waals surface area contributed by atoms with E-state index in [0.29, 0.717) is 31.6 Å². The molecule has 0 saturated carbocycles. The van der Waals surface area contributed by atoms with Crippen LogP contribution in [0.1, 0.15) is 34.5 Å². The summed E-state index contributed by atoms with van der Waals surface area (Å²) in [5.74, 6) is -0.512. The summed E-state index contributed by atoms with van der Waals surface area (Å²) in [6.07, 6.45) is 3.50. The normalized spacial score (nSPS) is 13.0. The van der Waals surface area contributed by atoms with Crippen molar-refractivity contribution in [2.45, 2.75) is 25.8 Å². The van der Waals surface area contributed by atoms with Crippen LogP contribution in [-0.4, -0.2) is 39.6 Å². The molecule has 0 unspecified atom stereocenters. The van der Waals surface area contributed by atoms with Gasteiger partial charge in [-0.25, -0.2) is 9.07 Å². The molecule has 0 bridgehead atoms. The number of rotatable bonds is 6. The first-order chi connectivity index (χ1) is 14.6. The Kier molecular flexibility index (Phi) is 5.88. The van der Waals surface area contributed by atoms with E-state index in [1.54, 1.807) is 24.4 Å². The average molecular weight is 406 g/mol. The second kappa shape index (κ2) is 8.90. The first-order valence-electron chi connectivity index (χ1n) is 10.0. The van der Waals surface area contributed by atoms with Gasteiger partial charge < -0.3 is 10.2 Å². The van der Waals surface area contributed by atoms with E-state index in [2.05, 4.69) is 22.5 Å².